The molecule has 4 nitrogen and oxygen atoms in total. The lowest BCUT2D eigenvalue weighted by atomic mass is 10.1. The van der Waals surface area contributed by atoms with Crippen molar-refractivity contribution in [3.8, 4) is 0 Å². The molecule has 2 N–H and O–H groups in total. The Labute approximate surface area is 111 Å². The van der Waals surface area contributed by atoms with Crippen LogP contribution in [0.4, 0.5) is 0 Å². The van der Waals surface area contributed by atoms with E-state index in [0.29, 0.717) is 12.5 Å². The van der Waals surface area contributed by atoms with E-state index in [1.165, 1.54) is 12.8 Å². The van der Waals surface area contributed by atoms with Crippen LogP contribution in [0.15, 0.2) is 0 Å². The number of ether oxygens (including phenoxy) is 1. The van der Waals surface area contributed by atoms with E-state index in [1.807, 2.05) is 20.8 Å². The first-order valence-electron chi connectivity index (χ1n) is 7.11. The summed E-state index contributed by atoms with van der Waals surface area (Å²) in [6.07, 6.45) is 5.74. The molecule has 1 unspecified atom stereocenters. The van der Waals surface area contributed by atoms with E-state index in [4.69, 9.17) is 4.74 Å². The van der Waals surface area contributed by atoms with Gasteiger partial charge in [0.05, 0.1) is 6.10 Å². The average molecular weight is 256 g/mol. The lowest BCUT2D eigenvalue weighted by Gasteiger charge is -2.20. The Morgan fingerprint density at radius 1 is 1.33 bits per heavy atom. The summed E-state index contributed by atoms with van der Waals surface area (Å²) >= 11 is 0. The van der Waals surface area contributed by atoms with Crippen LogP contribution in [0.2, 0.25) is 0 Å². The van der Waals surface area contributed by atoms with Crippen molar-refractivity contribution in [2.75, 3.05) is 19.7 Å². The number of nitrogens with one attached hydrogen (secondary N) is 2. The quantitative estimate of drug-likeness (QED) is 0.683. The first-order valence-corrected chi connectivity index (χ1v) is 7.11. The molecule has 0 aromatic carbocycles. The van der Waals surface area contributed by atoms with Gasteiger partial charge < -0.3 is 15.4 Å². The van der Waals surface area contributed by atoms with Gasteiger partial charge in [0.25, 0.3) is 0 Å². The Kier molecular flexibility index (Phi) is 6.65. The minimum absolute atomic E-state index is 0.120. The highest BCUT2D eigenvalue weighted by Gasteiger charge is 2.14. The van der Waals surface area contributed by atoms with Crippen molar-refractivity contribution in [3.63, 3.8) is 0 Å². The summed E-state index contributed by atoms with van der Waals surface area (Å²) in [6.45, 7) is 8.67. The fraction of sp³-hybridized carbons (Fsp3) is 0.929. The number of rotatable bonds is 7. The van der Waals surface area contributed by atoms with Crippen LogP contribution in [-0.2, 0) is 9.53 Å². The molecule has 1 atom stereocenters. The predicted molar refractivity (Wildman–Crippen MR) is 73.6 cm³/mol. The van der Waals surface area contributed by atoms with Crippen LogP contribution in [0.1, 0.15) is 52.9 Å². The second-order valence-corrected chi connectivity index (χ2v) is 6.08. The lowest BCUT2D eigenvalue weighted by Crippen LogP contribution is -2.41. The first kappa shape index (κ1) is 15.4. The SMILES string of the molecule is CC(C)(C)NC(=O)CCNCCCC1CCCO1. The van der Waals surface area contributed by atoms with E-state index in [1.54, 1.807) is 0 Å². The molecule has 1 aliphatic heterocycles. The van der Waals surface area contributed by atoms with E-state index in [0.717, 1.165) is 32.5 Å². The average Bonchev–Trinajstić information content (AvgIpc) is 2.73. The Morgan fingerprint density at radius 3 is 2.72 bits per heavy atom. The van der Waals surface area contributed by atoms with Gasteiger partial charge in [-0.3, -0.25) is 4.79 Å². The van der Waals surface area contributed by atoms with Crippen LogP contribution >= 0.6 is 0 Å². The summed E-state index contributed by atoms with van der Waals surface area (Å²) in [5, 5.41) is 6.27. The third kappa shape index (κ3) is 7.67. The number of carbonyl (C=O) groups is 1. The molecule has 106 valence electrons. The Balaban J connectivity index is 1.90. The molecule has 0 aliphatic carbocycles. The fourth-order valence-corrected chi connectivity index (χ4v) is 2.13. The Bertz CT molecular complexity index is 243. The minimum atomic E-state index is -0.128. The molecule has 0 saturated carbocycles. The number of carbonyl (C=O) groups excluding carboxylic acids is 1. The molecular formula is C14H28N2O2. The lowest BCUT2D eigenvalue weighted by molar-refractivity contribution is -0.122. The molecule has 0 radical (unpaired) electrons. The van der Waals surface area contributed by atoms with Gasteiger partial charge in [-0.05, 0) is 53.0 Å². The summed E-state index contributed by atoms with van der Waals surface area (Å²) in [5.41, 5.74) is -0.128. The van der Waals surface area contributed by atoms with E-state index in [-0.39, 0.29) is 11.4 Å². The van der Waals surface area contributed by atoms with Crippen LogP contribution in [-0.4, -0.2) is 37.2 Å². The summed E-state index contributed by atoms with van der Waals surface area (Å²) < 4.78 is 5.56. The largest absolute Gasteiger partial charge is 0.378 e. The molecule has 0 aromatic rings. The number of amides is 1. The zero-order valence-corrected chi connectivity index (χ0v) is 12.1. The second kappa shape index (κ2) is 7.74. The molecule has 0 aromatic heterocycles. The molecule has 0 bridgehead atoms. The second-order valence-electron chi connectivity index (χ2n) is 6.08. The molecule has 1 rings (SSSR count). The van der Waals surface area contributed by atoms with E-state index < -0.39 is 0 Å². The zero-order valence-electron chi connectivity index (χ0n) is 12.1. The van der Waals surface area contributed by atoms with Crippen molar-refractivity contribution >= 4 is 5.91 Å². The summed E-state index contributed by atoms with van der Waals surface area (Å²) in [7, 11) is 0. The smallest absolute Gasteiger partial charge is 0.221 e. The highest BCUT2D eigenvalue weighted by Crippen LogP contribution is 2.16. The van der Waals surface area contributed by atoms with Crippen molar-refractivity contribution in [2.24, 2.45) is 0 Å². The monoisotopic (exact) mass is 256 g/mol. The molecule has 18 heavy (non-hydrogen) atoms. The maximum absolute atomic E-state index is 11.5. The highest BCUT2D eigenvalue weighted by molar-refractivity contribution is 5.76. The van der Waals surface area contributed by atoms with Crippen molar-refractivity contribution in [1.29, 1.82) is 0 Å². The molecule has 1 aliphatic rings. The topological polar surface area (TPSA) is 50.4 Å². The van der Waals surface area contributed by atoms with Crippen LogP contribution < -0.4 is 10.6 Å². The van der Waals surface area contributed by atoms with Gasteiger partial charge in [-0.15, -0.1) is 0 Å². The third-order valence-electron chi connectivity index (χ3n) is 2.95. The van der Waals surface area contributed by atoms with Gasteiger partial charge in [0.1, 0.15) is 0 Å². The maximum Gasteiger partial charge on any atom is 0.221 e. The van der Waals surface area contributed by atoms with Crippen LogP contribution in [0.25, 0.3) is 0 Å². The minimum Gasteiger partial charge on any atom is -0.378 e. The van der Waals surface area contributed by atoms with E-state index in [9.17, 15) is 4.79 Å². The normalized spacial score (nSPS) is 20.1. The summed E-state index contributed by atoms with van der Waals surface area (Å²) in [4.78, 5) is 11.5. The zero-order chi connectivity index (χ0) is 13.4. The van der Waals surface area contributed by atoms with Crippen molar-refractivity contribution in [2.45, 2.75) is 64.5 Å². The summed E-state index contributed by atoms with van der Waals surface area (Å²) in [6, 6.07) is 0. The van der Waals surface area contributed by atoms with Crippen molar-refractivity contribution < 1.29 is 9.53 Å². The standard InChI is InChI=1S/C14H28N2O2/c1-14(2,3)16-13(17)8-10-15-9-4-6-12-7-5-11-18-12/h12,15H,4-11H2,1-3H3,(H,16,17). The number of hydrogen-bond donors (Lipinski definition) is 2. The predicted octanol–water partition coefficient (Wildman–Crippen LogP) is 1.84. The molecular weight excluding hydrogens is 228 g/mol. The molecule has 1 fully saturated rings. The number of hydrogen-bond acceptors (Lipinski definition) is 3. The van der Waals surface area contributed by atoms with Gasteiger partial charge in [0.2, 0.25) is 5.91 Å². The van der Waals surface area contributed by atoms with Crippen LogP contribution in [0, 0.1) is 0 Å². The van der Waals surface area contributed by atoms with Gasteiger partial charge in [-0.2, -0.15) is 0 Å². The van der Waals surface area contributed by atoms with E-state index in [2.05, 4.69) is 10.6 Å². The fourth-order valence-electron chi connectivity index (χ4n) is 2.13. The molecule has 4 heteroatoms. The third-order valence-corrected chi connectivity index (χ3v) is 2.95. The van der Waals surface area contributed by atoms with Gasteiger partial charge in [-0.1, -0.05) is 0 Å². The van der Waals surface area contributed by atoms with Crippen LogP contribution in [0.3, 0.4) is 0 Å². The Hall–Kier alpha value is -0.610. The van der Waals surface area contributed by atoms with Gasteiger partial charge in [0.15, 0.2) is 0 Å². The molecule has 1 heterocycles. The van der Waals surface area contributed by atoms with Gasteiger partial charge in [0, 0.05) is 25.1 Å². The maximum atomic E-state index is 11.5. The van der Waals surface area contributed by atoms with Gasteiger partial charge >= 0.3 is 0 Å². The molecule has 0 spiro atoms. The molecule has 1 amide bonds. The van der Waals surface area contributed by atoms with Crippen LogP contribution in [0.5, 0.6) is 0 Å². The molecule has 1 saturated heterocycles. The first-order chi connectivity index (χ1) is 8.47. The summed E-state index contributed by atoms with van der Waals surface area (Å²) in [5.74, 6) is 0.120. The van der Waals surface area contributed by atoms with Gasteiger partial charge in [-0.25, -0.2) is 0 Å². The van der Waals surface area contributed by atoms with E-state index >= 15 is 0 Å². The highest BCUT2D eigenvalue weighted by atomic mass is 16.5. The Morgan fingerprint density at radius 2 is 2.11 bits per heavy atom. The van der Waals surface area contributed by atoms with Crippen molar-refractivity contribution in [1.82, 2.24) is 10.6 Å². The van der Waals surface area contributed by atoms with Crippen molar-refractivity contribution in [3.05, 3.63) is 0 Å².